The maximum atomic E-state index is 13.1. The first-order chi connectivity index (χ1) is 22.8. The summed E-state index contributed by atoms with van der Waals surface area (Å²) in [6, 6.07) is 7.00. The number of hydroxylamine groups is 4. The highest BCUT2D eigenvalue weighted by atomic mass is 19.4. The Bertz CT molecular complexity index is 1620. The Labute approximate surface area is 271 Å². The lowest BCUT2D eigenvalue weighted by Gasteiger charge is -2.20. The third kappa shape index (κ3) is 8.15. The molecule has 2 aromatic rings. The van der Waals surface area contributed by atoms with E-state index in [2.05, 4.69) is 9.98 Å². The zero-order chi connectivity index (χ0) is 34.1. The van der Waals surface area contributed by atoms with Crippen molar-refractivity contribution in [3.8, 4) is 0 Å². The van der Waals surface area contributed by atoms with Gasteiger partial charge in [0.2, 0.25) is 0 Å². The molecule has 2 unspecified atom stereocenters. The van der Waals surface area contributed by atoms with Crippen molar-refractivity contribution in [2.75, 3.05) is 13.1 Å². The molecule has 6 rings (SSSR count). The van der Waals surface area contributed by atoms with E-state index in [-0.39, 0.29) is 25.2 Å². The summed E-state index contributed by atoms with van der Waals surface area (Å²) in [6.45, 7) is 0.488. The number of rotatable bonds is 8. The zero-order valence-electron chi connectivity index (χ0n) is 25.4. The van der Waals surface area contributed by atoms with Crippen molar-refractivity contribution in [3.63, 3.8) is 0 Å². The highest BCUT2D eigenvalue weighted by Crippen LogP contribution is 2.36. The molecular formula is C34H30F6N4O4. The molecule has 0 spiro atoms. The number of halogens is 6. The van der Waals surface area contributed by atoms with Gasteiger partial charge in [-0.25, -0.2) is 9.59 Å². The van der Waals surface area contributed by atoms with Crippen molar-refractivity contribution in [1.29, 1.82) is 0 Å². The third-order valence-electron chi connectivity index (χ3n) is 8.46. The van der Waals surface area contributed by atoms with Crippen molar-refractivity contribution >= 4 is 36.8 Å². The van der Waals surface area contributed by atoms with Crippen molar-refractivity contribution in [2.24, 2.45) is 9.98 Å². The number of hydrogen-bond acceptors (Lipinski definition) is 8. The first-order valence-electron chi connectivity index (χ1n) is 15.3. The number of benzene rings is 2. The number of aryl methyl sites for hydroxylation is 2. The van der Waals surface area contributed by atoms with Crippen LogP contribution >= 0.6 is 0 Å². The maximum Gasteiger partial charge on any atom is 0.416 e. The van der Waals surface area contributed by atoms with E-state index >= 15 is 0 Å². The average Bonchev–Trinajstić information content (AvgIpc) is 3.67. The van der Waals surface area contributed by atoms with Crippen LogP contribution in [0, 0.1) is 0 Å². The zero-order valence-corrected chi connectivity index (χ0v) is 25.4. The first kappa shape index (κ1) is 33.0. The van der Waals surface area contributed by atoms with Crippen LogP contribution in [0.2, 0.25) is 0 Å². The summed E-state index contributed by atoms with van der Waals surface area (Å²) >= 11 is 0. The van der Waals surface area contributed by atoms with Gasteiger partial charge >= 0.3 is 24.3 Å². The quantitative estimate of drug-likeness (QED) is 0.228. The lowest BCUT2D eigenvalue weighted by molar-refractivity contribution is -0.167. The fourth-order valence-corrected chi connectivity index (χ4v) is 6.09. The van der Waals surface area contributed by atoms with E-state index < -0.39 is 35.4 Å². The number of nitrogens with zero attached hydrogens (tertiary/aromatic N) is 4. The highest BCUT2D eigenvalue weighted by molar-refractivity contribution is 5.92. The van der Waals surface area contributed by atoms with Crippen LogP contribution in [0.4, 0.5) is 26.3 Å². The van der Waals surface area contributed by atoms with E-state index in [0.29, 0.717) is 49.7 Å². The van der Waals surface area contributed by atoms with E-state index in [1.165, 1.54) is 34.9 Å². The van der Waals surface area contributed by atoms with Gasteiger partial charge in [0.15, 0.2) is 0 Å². The Balaban J connectivity index is 0.927. The molecule has 8 nitrogen and oxygen atoms in total. The Morgan fingerprint density at radius 3 is 1.50 bits per heavy atom. The molecule has 2 aliphatic heterocycles. The Kier molecular flexibility index (Phi) is 9.17. The molecule has 252 valence electrons. The summed E-state index contributed by atoms with van der Waals surface area (Å²) in [7, 11) is 0. The van der Waals surface area contributed by atoms with Crippen LogP contribution in [-0.4, -0.2) is 59.9 Å². The average molecular weight is 673 g/mol. The van der Waals surface area contributed by atoms with Gasteiger partial charge in [-0.05, 0) is 85.0 Å². The second kappa shape index (κ2) is 13.3. The molecule has 0 amide bonds. The normalized spacial score (nSPS) is 20.5. The monoisotopic (exact) mass is 672 g/mol. The Morgan fingerprint density at radius 1 is 0.688 bits per heavy atom. The van der Waals surface area contributed by atoms with Gasteiger partial charge in [0.1, 0.15) is 12.7 Å². The van der Waals surface area contributed by atoms with E-state index in [4.69, 9.17) is 9.68 Å². The molecule has 0 bridgehead atoms. The largest absolute Gasteiger partial charge is 0.416 e. The van der Waals surface area contributed by atoms with Gasteiger partial charge in [0.05, 0.1) is 36.3 Å². The molecule has 0 N–H and O–H groups in total. The summed E-state index contributed by atoms with van der Waals surface area (Å²) < 4.78 is 78.8. The summed E-state index contributed by atoms with van der Waals surface area (Å²) in [5.74, 6) is -1.67. The number of carbonyl (C=O) groups is 2. The molecular weight excluding hydrogens is 642 g/mol. The van der Waals surface area contributed by atoms with Crippen LogP contribution in [0.1, 0.15) is 59.1 Å². The summed E-state index contributed by atoms with van der Waals surface area (Å²) in [6.07, 6.45) is 2.83. The number of carbonyl (C=O) groups excluding carboxylic acids is 2. The van der Waals surface area contributed by atoms with Crippen LogP contribution in [0.15, 0.2) is 69.7 Å². The van der Waals surface area contributed by atoms with Crippen LogP contribution in [-0.2, 0) is 44.5 Å². The van der Waals surface area contributed by atoms with Crippen LogP contribution in [0.5, 0.6) is 0 Å². The van der Waals surface area contributed by atoms with Gasteiger partial charge < -0.3 is 9.68 Å². The standard InChI is InChI=1S/C34H30F6N4O4/c35-33(36,37)27-7-5-23-3-1-21(11-25(23)15-27)13-29-17-43(19-41-29)47-31(45)9-10-32(46)48-44-18-30(42-20-44)14-22-2-4-24-6-8-28(34(38,39)40)16-26(24)12-22/h5-12,15-16,19-20,29-30H,1-4,13-14,17-18H2/b10-9+. The molecule has 0 radical (unpaired) electrons. The molecule has 48 heavy (non-hydrogen) atoms. The highest BCUT2D eigenvalue weighted by Gasteiger charge is 2.32. The van der Waals surface area contributed by atoms with E-state index in [1.807, 2.05) is 0 Å². The number of fused-ring (bicyclic) bond motifs is 2. The molecule has 0 saturated heterocycles. The number of hydrogen-bond donors (Lipinski definition) is 0. The van der Waals surface area contributed by atoms with Crippen molar-refractivity contribution in [2.45, 2.75) is 63.0 Å². The van der Waals surface area contributed by atoms with Gasteiger partial charge in [0, 0.05) is 12.2 Å². The SMILES string of the molecule is O=C(/C=C/C(=O)ON1C=NC(CC2=Cc3cc(C(F)(F)F)ccc3CC2)C1)ON1C=NC(CC2=Cc3cc(C(F)(F)F)ccc3CC2)C1. The topological polar surface area (TPSA) is 83.8 Å². The second-order valence-corrected chi connectivity index (χ2v) is 12.0. The lowest BCUT2D eigenvalue weighted by Crippen LogP contribution is -2.27. The number of alkyl halides is 6. The molecule has 0 saturated carbocycles. The summed E-state index contributed by atoms with van der Waals surface area (Å²) in [5.41, 5.74) is 3.32. The van der Waals surface area contributed by atoms with E-state index in [9.17, 15) is 35.9 Å². The van der Waals surface area contributed by atoms with E-state index in [0.717, 1.165) is 58.7 Å². The first-order valence-corrected chi connectivity index (χ1v) is 15.3. The smallest absolute Gasteiger partial charge is 0.335 e. The minimum Gasteiger partial charge on any atom is -0.335 e. The lowest BCUT2D eigenvalue weighted by atomic mass is 9.88. The van der Waals surface area contributed by atoms with Gasteiger partial charge in [-0.15, -0.1) is 0 Å². The fraction of sp³-hybridized carbons (Fsp3) is 0.353. The van der Waals surface area contributed by atoms with Gasteiger partial charge in [-0.3, -0.25) is 9.98 Å². The van der Waals surface area contributed by atoms with Gasteiger partial charge in [-0.2, -0.15) is 36.5 Å². The molecule has 0 aromatic heterocycles. The molecule has 0 fully saturated rings. The van der Waals surface area contributed by atoms with Crippen LogP contribution in [0.3, 0.4) is 0 Å². The van der Waals surface area contributed by atoms with E-state index in [1.54, 1.807) is 12.2 Å². The molecule has 2 atom stereocenters. The number of aliphatic imine (C=N–C) groups is 2. The molecule has 14 heteroatoms. The van der Waals surface area contributed by atoms with Crippen molar-refractivity contribution < 1.29 is 45.6 Å². The van der Waals surface area contributed by atoms with Crippen LogP contribution < -0.4 is 0 Å². The van der Waals surface area contributed by atoms with Gasteiger partial charge in [0.25, 0.3) is 0 Å². The summed E-state index contributed by atoms with van der Waals surface area (Å²) in [4.78, 5) is 43.7. The molecule has 2 heterocycles. The minimum absolute atomic E-state index is 0.244. The van der Waals surface area contributed by atoms with Crippen molar-refractivity contribution in [1.82, 2.24) is 10.1 Å². The molecule has 2 aromatic carbocycles. The second-order valence-electron chi connectivity index (χ2n) is 12.0. The van der Waals surface area contributed by atoms with Gasteiger partial charge in [-0.1, -0.05) is 35.4 Å². The Morgan fingerprint density at radius 2 is 1.10 bits per heavy atom. The van der Waals surface area contributed by atoms with Crippen molar-refractivity contribution in [3.05, 3.63) is 93.1 Å². The molecule has 2 aliphatic carbocycles. The fourth-order valence-electron chi connectivity index (χ4n) is 6.09. The summed E-state index contributed by atoms with van der Waals surface area (Å²) in [5, 5.41) is 2.45. The predicted octanol–water partition coefficient (Wildman–Crippen LogP) is 6.76. The molecule has 4 aliphatic rings. The minimum atomic E-state index is -4.42. The predicted molar refractivity (Wildman–Crippen MR) is 164 cm³/mol. The van der Waals surface area contributed by atoms with Crippen LogP contribution in [0.25, 0.3) is 12.2 Å². The maximum absolute atomic E-state index is 13.1. The Hall–Kier alpha value is -4.88. The third-order valence-corrected chi connectivity index (χ3v) is 8.46.